The van der Waals surface area contributed by atoms with E-state index >= 15 is 0 Å². The molecule has 1 atom stereocenters. The second kappa shape index (κ2) is 13.1. The number of aliphatic carboxylic acids is 1. The Morgan fingerprint density at radius 3 is 1.93 bits per heavy atom. The summed E-state index contributed by atoms with van der Waals surface area (Å²) in [7, 11) is 3.92. The van der Waals surface area contributed by atoms with Crippen molar-refractivity contribution in [1.29, 1.82) is 0 Å². The van der Waals surface area contributed by atoms with Crippen LogP contribution in [0.5, 0.6) is 0 Å². The molecular weight excluding hydrogens is 358 g/mol. The van der Waals surface area contributed by atoms with Crippen LogP contribution in [0.4, 0.5) is 5.69 Å². The molecular formula is C21H37N3O4. The van der Waals surface area contributed by atoms with E-state index in [1.165, 1.54) is 11.1 Å². The van der Waals surface area contributed by atoms with Crippen LogP contribution < -0.4 is 11.1 Å². The minimum atomic E-state index is -0.968. The Bertz CT molecular complexity index is 589. The van der Waals surface area contributed by atoms with Crippen LogP contribution >= 0.6 is 0 Å². The van der Waals surface area contributed by atoms with Crippen molar-refractivity contribution in [1.82, 2.24) is 4.90 Å². The van der Waals surface area contributed by atoms with Gasteiger partial charge in [0.1, 0.15) is 12.6 Å². The molecule has 1 aromatic carbocycles. The third-order valence-corrected chi connectivity index (χ3v) is 4.04. The van der Waals surface area contributed by atoms with Crippen molar-refractivity contribution < 1.29 is 19.4 Å². The summed E-state index contributed by atoms with van der Waals surface area (Å²) >= 11 is 0. The fourth-order valence-corrected chi connectivity index (χ4v) is 2.45. The van der Waals surface area contributed by atoms with Crippen LogP contribution in [0.1, 0.15) is 57.6 Å². The molecule has 0 aliphatic carbocycles. The lowest BCUT2D eigenvalue weighted by Gasteiger charge is -2.23. The third kappa shape index (κ3) is 9.71. The average molecular weight is 396 g/mol. The van der Waals surface area contributed by atoms with Gasteiger partial charge in [-0.25, -0.2) is 4.79 Å². The Kier molecular flexibility index (Phi) is 12.1. The largest absolute Gasteiger partial charge is 0.480 e. The molecule has 0 amide bonds. The standard InChI is InChI=1S/C19H32N2O2.C2H5NO2/c1-13(2)16-9-8-10-17(14(3)4)18(16)20-15(5)19(22)23-12-11-21(6)7;3-1-2(4)5/h8-10,13-15,20H,11-12H2,1-7H3;1,3H2,(H,4,5)/t15-;/m0./s1. The molecule has 0 saturated heterocycles. The van der Waals surface area contributed by atoms with Gasteiger partial charge in [0.15, 0.2) is 0 Å². The van der Waals surface area contributed by atoms with Gasteiger partial charge in [0, 0.05) is 12.2 Å². The van der Waals surface area contributed by atoms with Gasteiger partial charge in [-0.3, -0.25) is 4.79 Å². The molecule has 0 aliphatic heterocycles. The monoisotopic (exact) mass is 395 g/mol. The number of hydrogen-bond donors (Lipinski definition) is 3. The first-order valence-corrected chi connectivity index (χ1v) is 9.63. The fourth-order valence-electron chi connectivity index (χ4n) is 2.45. The number of ether oxygens (including phenoxy) is 1. The zero-order valence-corrected chi connectivity index (χ0v) is 18.3. The summed E-state index contributed by atoms with van der Waals surface area (Å²) in [6.07, 6.45) is 0. The number of para-hydroxylation sites is 1. The second-order valence-electron chi connectivity index (χ2n) is 7.56. The van der Waals surface area contributed by atoms with E-state index in [1.54, 1.807) is 0 Å². The maximum Gasteiger partial charge on any atom is 0.328 e. The lowest BCUT2D eigenvalue weighted by molar-refractivity contribution is -0.144. The van der Waals surface area contributed by atoms with E-state index in [-0.39, 0.29) is 18.6 Å². The first kappa shape index (κ1) is 25.9. The fraction of sp³-hybridized carbons (Fsp3) is 0.619. The SMILES string of the molecule is CC(C)c1cccc(C(C)C)c1N[C@@H](C)C(=O)OCCN(C)C.NCC(=O)O. The number of carboxylic acid groups (broad SMARTS) is 1. The zero-order chi connectivity index (χ0) is 21.9. The molecule has 7 heteroatoms. The molecule has 0 aliphatic rings. The Hall–Kier alpha value is -2.12. The van der Waals surface area contributed by atoms with E-state index in [4.69, 9.17) is 9.84 Å². The van der Waals surface area contributed by atoms with Crippen molar-refractivity contribution in [3.63, 3.8) is 0 Å². The van der Waals surface area contributed by atoms with Gasteiger partial charge in [0.25, 0.3) is 0 Å². The number of hydrogen-bond acceptors (Lipinski definition) is 6. The van der Waals surface area contributed by atoms with Crippen LogP contribution in [0.3, 0.4) is 0 Å². The lowest BCUT2D eigenvalue weighted by atomic mass is 9.92. The van der Waals surface area contributed by atoms with Gasteiger partial charge in [0.2, 0.25) is 0 Å². The van der Waals surface area contributed by atoms with Crippen molar-refractivity contribution in [3.05, 3.63) is 29.3 Å². The number of carbonyl (C=O) groups excluding carboxylic acids is 1. The van der Waals surface area contributed by atoms with Crippen LogP contribution in [0, 0.1) is 0 Å². The smallest absolute Gasteiger partial charge is 0.328 e. The summed E-state index contributed by atoms with van der Waals surface area (Å²) in [4.78, 5) is 23.4. The zero-order valence-electron chi connectivity index (χ0n) is 18.3. The van der Waals surface area contributed by atoms with E-state index in [0.29, 0.717) is 18.4 Å². The third-order valence-electron chi connectivity index (χ3n) is 4.04. The van der Waals surface area contributed by atoms with Gasteiger partial charge in [0.05, 0.1) is 6.54 Å². The van der Waals surface area contributed by atoms with Crippen molar-refractivity contribution >= 4 is 17.6 Å². The molecule has 0 bridgehead atoms. The Balaban J connectivity index is 0.00000129. The maximum atomic E-state index is 12.2. The summed E-state index contributed by atoms with van der Waals surface area (Å²) < 4.78 is 5.34. The Labute approximate surface area is 169 Å². The molecule has 0 heterocycles. The molecule has 4 N–H and O–H groups in total. The summed E-state index contributed by atoms with van der Waals surface area (Å²) in [6.45, 7) is 11.4. The molecule has 0 radical (unpaired) electrons. The molecule has 28 heavy (non-hydrogen) atoms. The van der Waals surface area contributed by atoms with Crippen LogP contribution in [-0.2, 0) is 14.3 Å². The molecule has 1 aromatic rings. The summed E-state index contributed by atoms with van der Waals surface area (Å²) in [5.41, 5.74) is 8.13. The first-order chi connectivity index (χ1) is 13.0. The predicted molar refractivity (Wildman–Crippen MR) is 114 cm³/mol. The number of likely N-dealkylation sites (N-methyl/N-ethyl adjacent to an activating group) is 1. The van der Waals surface area contributed by atoms with Gasteiger partial charge in [-0.2, -0.15) is 0 Å². The minimum absolute atomic E-state index is 0.208. The average Bonchev–Trinajstić information content (AvgIpc) is 2.61. The number of carbonyl (C=O) groups is 2. The molecule has 0 fully saturated rings. The highest BCUT2D eigenvalue weighted by Gasteiger charge is 2.20. The number of nitrogens with two attached hydrogens (primary N) is 1. The molecule has 1 rings (SSSR count). The van der Waals surface area contributed by atoms with Crippen LogP contribution in [0.25, 0.3) is 0 Å². The number of nitrogens with zero attached hydrogens (tertiary/aromatic N) is 1. The number of nitrogens with one attached hydrogen (secondary N) is 1. The molecule has 0 spiro atoms. The minimum Gasteiger partial charge on any atom is -0.480 e. The lowest BCUT2D eigenvalue weighted by Crippen LogP contribution is -2.31. The number of rotatable bonds is 9. The summed E-state index contributed by atoms with van der Waals surface area (Å²) in [6, 6.07) is 5.98. The van der Waals surface area contributed by atoms with E-state index < -0.39 is 5.97 Å². The summed E-state index contributed by atoms with van der Waals surface area (Å²) in [5.74, 6) is -0.383. The molecule has 0 saturated carbocycles. The number of anilines is 1. The molecule has 160 valence electrons. The van der Waals surface area contributed by atoms with Gasteiger partial charge >= 0.3 is 11.9 Å². The first-order valence-electron chi connectivity index (χ1n) is 9.63. The van der Waals surface area contributed by atoms with E-state index in [1.807, 2.05) is 25.9 Å². The van der Waals surface area contributed by atoms with Gasteiger partial charge in [-0.1, -0.05) is 45.9 Å². The van der Waals surface area contributed by atoms with Crippen molar-refractivity contribution in [3.8, 4) is 0 Å². The molecule has 7 nitrogen and oxygen atoms in total. The highest BCUT2D eigenvalue weighted by atomic mass is 16.5. The number of carboxylic acids is 1. The van der Waals surface area contributed by atoms with E-state index in [2.05, 4.69) is 56.9 Å². The van der Waals surface area contributed by atoms with Crippen molar-refractivity contribution in [2.45, 2.75) is 52.5 Å². The van der Waals surface area contributed by atoms with Crippen LogP contribution in [0.15, 0.2) is 18.2 Å². The molecule has 0 unspecified atom stereocenters. The van der Waals surface area contributed by atoms with Gasteiger partial charge in [-0.15, -0.1) is 0 Å². The van der Waals surface area contributed by atoms with Crippen molar-refractivity contribution in [2.24, 2.45) is 5.73 Å². The van der Waals surface area contributed by atoms with E-state index in [0.717, 1.165) is 12.2 Å². The maximum absolute atomic E-state index is 12.2. The topological polar surface area (TPSA) is 105 Å². The number of benzene rings is 1. The Morgan fingerprint density at radius 1 is 1.11 bits per heavy atom. The van der Waals surface area contributed by atoms with Crippen LogP contribution in [-0.4, -0.2) is 61.8 Å². The highest BCUT2D eigenvalue weighted by Crippen LogP contribution is 2.32. The molecule has 0 aromatic heterocycles. The van der Waals surface area contributed by atoms with Gasteiger partial charge < -0.3 is 25.8 Å². The van der Waals surface area contributed by atoms with Gasteiger partial charge in [-0.05, 0) is 44.0 Å². The quantitative estimate of drug-likeness (QED) is 0.552. The number of esters is 1. The summed E-state index contributed by atoms with van der Waals surface area (Å²) in [5, 5.41) is 11.0. The Morgan fingerprint density at radius 2 is 1.57 bits per heavy atom. The highest BCUT2D eigenvalue weighted by molar-refractivity contribution is 5.80. The van der Waals surface area contributed by atoms with Crippen molar-refractivity contribution in [2.75, 3.05) is 39.1 Å². The van der Waals surface area contributed by atoms with Crippen LogP contribution in [0.2, 0.25) is 0 Å². The van der Waals surface area contributed by atoms with E-state index in [9.17, 15) is 9.59 Å². The second-order valence-corrected chi connectivity index (χ2v) is 7.56. The predicted octanol–water partition coefficient (Wildman–Crippen LogP) is 2.87. The normalized spacial score (nSPS) is 11.8.